The van der Waals surface area contributed by atoms with E-state index in [1.165, 1.54) is 0 Å². The quantitative estimate of drug-likeness (QED) is 0.755. The molecule has 0 spiro atoms. The van der Waals surface area contributed by atoms with Gasteiger partial charge in [-0.15, -0.1) is 0 Å². The number of hydrogen-bond acceptors (Lipinski definition) is 3. The van der Waals surface area contributed by atoms with Crippen LogP contribution in [0, 0.1) is 6.92 Å². The molecular weight excluding hydrogens is 324 g/mol. The van der Waals surface area contributed by atoms with Gasteiger partial charge in [0, 0.05) is 18.7 Å². The Bertz CT molecular complexity index is 782. The van der Waals surface area contributed by atoms with Gasteiger partial charge in [0.15, 0.2) is 0 Å². The second kappa shape index (κ2) is 8.08. The smallest absolute Gasteiger partial charge is 0.251 e. The van der Waals surface area contributed by atoms with E-state index in [1.807, 2.05) is 26.0 Å². The number of rotatable bonds is 7. The molecule has 0 bridgehead atoms. The van der Waals surface area contributed by atoms with Crippen LogP contribution in [-0.2, 0) is 16.4 Å². The summed E-state index contributed by atoms with van der Waals surface area (Å²) in [4.78, 5) is 12.2. The van der Waals surface area contributed by atoms with E-state index < -0.39 is 10.0 Å². The maximum Gasteiger partial charge on any atom is 0.251 e. The van der Waals surface area contributed by atoms with Gasteiger partial charge in [-0.1, -0.05) is 36.8 Å². The normalized spacial score (nSPS) is 11.2. The molecule has 0 aliphatic heterocycles. The minimum Gasteiger partial charge on any atom is -0.351 e. The van der Waals surface area contributed by atoms with Gasteiger partial charge >= 0.3 is 0 Å². The second-order valence-electron chi connectivity index (χ2n) is 5.52. The highest BCUT2D eigenvalue weighted by molar-refractivity contribution is 7.89. The molecule has 2 aromatic carbocycles. The maximum absolute atomic E-state index is 12.2. The monoisotopic (exact) mass is 346 g/mol. The van der Waals surface area contributed by atoms with E-state index in [-0.39, 0.29) is 23.9 Å². The van der Waals surface area contributed by atoms with Crippen LogP contribution in [0.1, 0.15) is 28.4 Å². The van der Waals surface area contributed by atoms with Crippen LogP contribution in [0.5, 0.6) is 0 Å². The summed E-state index contributed by atoms with van der Waals surface area (Å²) in [6.45, 7) is 4.32. The van der Waals surface area contributed by atoms with E-state index in [9.17, 15) is 13.2 Å². The van der Waals surface area contributed by atoms with E-state index in [4.69, 9.17) is 0 Å². The third kappa shape index (κ3) is 4.91. The number of amides is 1. The van der Waals surface area contributed by atoms with Crippen LogP contribution in [-0.4, -0.2) is 27.4 Å². The Morgan fingerprint density at radius 3 is 2.17 bits per heavy atom. The van der Waals surface area contributed by atoms with E-state index in [0.29, 0.717) is 5.56 Å². The largest absolute Gasteiger partial charge is 0.351 e. The van der Waals surface area contributed by atoms with Crippen molar-refractivity contribution in [3.05, 3.63) is 65.2 Å². The Morgan fingerprint density at radius 1 is 0.958 bits per heavy atom. The number of aryl methyl sites for hydroxylation is 2. The molecule has 0 aliphatic rings. The molecule has 2 rings (SSSR count). The van der Waals surface area contributed by atoms with Gasteiger partial charge in [-0.25, -0.2) is 13.1 Å². The Hall–Kier alpha value is -2.18. The van der Waals surface area contributed by atoms with Gasteiger partial charge in [0.2, 0.25) is 10.0 Å². The first kappa shape index (κ1) is 18.2. The molecule has 2 N–H and O–H groups in total. The zero-order chi connectivity index (χ0) is 17.6. The average molecular weight is 346 g/mol. The summed E-state index contributed by atoms with van der Waals surface area (Å²) < 4.78 is 26.8. The third-order valence-corrected chi connectivity index (χ3v) is 5.14. The van der Waals surface area contributed by atoms with Gasteiger partial charge in [0.05, 0.1) is 4.90 Å². The molecule has 0 atom stereocenters. The molecule has 24 heavy (non-hydrogen) atoms. The van der Waals surface area contributed by atoms with Crippen molar-refractivity contribution < 1.29 is 13.2 Å². The SMILES string of the molecule is CCc1ccc(S(=O)(=O)NCCNC(=O)c2ccc(C)cc2)cc1. The fourth-order valence-electron chi connectivity index (χ4n) is 2.16. The highest BCUT2D eigenvalue weighted by Crippen LogP contribution is 2.10. The highest BCUT2D eigenvalue weighted by Gasteiger charge is 2.13. The van der Waals surface area contributed by atoms with E-state index >= 15 is 0 Å². The molecule has 0 fully saturated rings. The lowest BCUT2D eigenvalue weighted by Gasteiger charge is -2.09. The minimum absolute atomic E-state index is 0.134. The number of benzene rings is 2. The molecule has 128 valence electrons. The van der Waals surface area contributed by atoms with Gasteiger partial charge in [-0.3, -0.25) is 4.79 Å². The van der Waals surface area contributed by atoms with E-state index in [1.54, 1.807) is 36.4 Å². The van der Waals surface area contributed by atoms with Gasteiger partial charge in [-0.05, 0) is 43.2 Å². The summed E-state index contributed by atoms with van der Waals surface area (Å²) in [6, 6.07) is 14.0. The van der Waals surface area contributed by atoms with Crippen LogP contribution in [0.4, 0.5) is 0 Å². The molecule has 0 aromatic heterocycles. The number of nitrogens with one attached hydrogen (secondary N) is 2. The minimum atomic E-state index is -3.55. The third-order valence-electron chi connectivity index (χ3n) is 3.66. The van der Waals surface area contributed by atoms with Crippen LogP contribution in [0.2, 0.25) is 0 Å². The fraction of sp³-hybridized carbons (Fsp3) is 0.278. The summed E-state index contributed by atoms with van der Waals surface area (Å²) in [5, 5.41) is 2.69. The zero-order valence-corrected chi connectivity index (χ0v) is 14.7. The number of carbonyl (C=O) groups is 1. The number of hydrogen-bond donors (Lipinski definition) is 2. The van der Waals surface area contributed by atoms with Gasteiger partial charge in [-0.2, -0.15) is 0 Å². The van der Waals surface area contributed by atoms with E-state index in [0.717, 1.165) is 17.5 Å². The Kier molecular flexibility index (Phi) is 6.11. The molecule has 1 amide bonds. The second-order valence-corrected chi connectivity index (χ2v) is 7.28. The first-order chi connectivity index (χ1) is 11.4. The lowest BCUT2D eigenvalue weighted by atomic mass is 10.1. The Balaban J connectivity index is 1.84. The van der Waals surface area contributed by atoms with Crippen molar-refractivity contribution in [1.29, 1.82) is 0 Å². The maximum atomic E-state index is 12.2. The summed E-state index contributed by atoms with van der Waals surface area (Å²) in [5.74, 6) is -0.221. The number of carbonyl (C=O) groups excluding carboxylic acids is 1. The van der Waals surface area contributed by atoms with Gasteiger partial charge < -0.3 is 5.32 Å². The summed E-state index contributed by atoms with van der Waals surface area (Å²) in [7, 11) is -3.55. The van der Waals surface area contributed by atoms with Crippen molar-refractivity contribution in [1.82, 2.24) is 10.0 Å². The molecule has 0 radical (unpaired) electrons. The molecule has 0 aliphatic carbocycles. The lowest BCUT2D eigenvalue weighted by Crippen LogP contribution is -2.34. The van der Waals surface area contributed by atoms with Crippen LogP contribution in [0.25, 0.3) is 0 Å². The summed E-state index contributed by atoms with van der Waals surface area (Å²) in [5.41, 5.74) is 2.71. The van der Waals surface area contributed by atoms with Gasteiger partial charge in [0.1, 0.15) is 0 Å². The van der Waals surface area contributed by atoms with Crippen LogP contribution >= 0.6 is 0 Å². The molecule has 2 aromatic rings. The summed E-state index contributed by atoms with van der Waals surface area (Å²) in [6.07, 6.45) is 0.860. The first-order valence-corrected chi connectivity index (χ1v) is 9.34. The van der Waals surface area contributed by atoms with Crippen molar-refractivity contribution in [3.63, 3.8) is 0 Å². The van der Waals surface area contributed by atoms with Gasteiger partial charge in [0.25, 0.3) is 5.91 Å². The molecule has 0 saturated heterocycles. The predicted molar refractivity (Wildman–Crippen MR) is 94.5 cm³/mol. The molecule has 0 saturated carbocycles. The van der Waals surface area contributed by atoms with Crippen molar-refractivity contribution in [2.45, 2.75) is 25.2 Å². The average Bonchev–Trinajstić information content (AvgIpc) is 2.59. The van der Waals surface area contributed by atoms with Crippen molar-refractivity contribution in [2.75, 3.05) is 13.1 Å². The van der Waals surface area contributed by atoms with Crippen molar-refractivity contribution in [2.24, 2.45) is 0 Å². The van der Waals surface area contributed by atoms with Crippen molar-refractivity contribution >= 4 is 15.9 Å². The highest BCUT2D eigenvalue weighted by atomic mass is 32.2. The molecule has 0 unspecified atom stereocenters. The Morgan fingerprint density at radius 2 is 1.58 bits per heavy atom. The molecule has 6 heteroatoms. The topological polar surface area (TPSA) is 75.3 Å². The number of sulfonamides is 1. The molecule has 0 heterocycles. The summed E-state index contributed by atoms with van der Waals surface area (Å²) >= 11 is 0. The van der Waals surface area contributed by atoms with Crippen LogP contribution < -0.4 is 10.0 Å². The van der Waals surface area contributed by atoms with Crippen molar-refractivity contribution in [3.8, 4) is 0 Å². The lowest BCUT2D eigenvalue weighted by molar-refractivity contribution is 0.0954. The fourth-order valence-corrected chi connectivity index (χ4v) is 3.19. The zero-order valence-electron chi connectivity index (χ0n) is 13.9. The predicted octanol–water partition coefficient (Wildman–Crippen LogP) is 2.27. The molecule has 5 nitrogen and oxygen atoms in total. The Labute approximate surface area is 143 Å². The first-order valence-electron chi connectivity index (χ1n) is 7.86. The van der Waals surface area contributed by atoms with Crippen LogP contribution in [0.15, 0.2) is 53.4 Å². The van der Waals surface area contributed by atoms with E-state index in [2.05, 4.69) is 10.0 Å². The molecular formula is C18H22N2O3S. The standard InChI is InChI=1S/C18H22N2O3S/c1-3-15-6-10-17(11-7-15)24(22,23)20-13-12-19-18(21)16-8-4-14(2)5-9-16/h4-11,20H,3,12-13H2,1-2H3,(H,19,21). The van der Waals surface area contributed by atoms with Crippen LogP contribution in [0.3, 0.4) is 0 Å².